The number of benzene rings is 2. The molecule has 1 aliphatic rings. The average Bonchev–Trinajstić information content (AvgIpc) is 2.63. The normalized spacial score (nSPS) is 18.1. The monoisotopic (exact) mass is 371 g/mol. The van der Waals surface area contributed by atoms with Gasteiger partial charge in [0.1, 0.15) is 0 Å². The van der Waals surface area contributed by atoms with Crippen molar-refractivity contribution in [2.24, 2.45) is 0 Å². The van der Waals surface area contributed by atoms with Crippen LogP contribution in [0.5, 0.6) is 0 Å². The van der Waals surface area contributed by atoms with Crippen molar-refractivity contribution < 1.29 is 0 Å². The minimum Gasteiger partial charge on any atom is -0.256 e. The van der Waals surface area contributed by atoms with Gasteiger partial charge in [0.05, 0.1) is 5.69 Å². The number of pyridine rings is 1. The Bertz CT molecular complexity index is 1030. The van der Waals surface area contributed by atoms with Crippen molar-refractivity contribution >= 4 is 10.8 Å². The summed E-state index contributed by atoms with van der Waals surface area (Å²) in [5, 5.41) is 2.57. The Balaban J connectivity index is 1.92. The molecule has 1 aliphatic carbocycles. The molecule has 2 aromatic carbocycles. The van der Waals surface area contributed by atoms with E-state index in [1.54, 1.807) is 0 Å². The molecule has 146 valence electrons. The highest BCUT2D eigenvalue weighted by Gasteiger charge is 2.37. The molecule has 3 aromatic rings. The molecule has 0 unspecified atom stereocenters. The van der Waals surface area contributed by atoms with Crippen molar-refractivity contribution in [1.29, 1.82) is 0 Å². The Kier molecular flexibility index (Phi) is 4.23. The number of nitrogens with zero attached hydrogens (tertiary/aromatic N) is 1. The lowest BCUT2D eigenvalue weighted by atomic mass is 9.63. The first-order valence-corrected chi connectivity index (χ1v) is 10.5. The summed E-state index contributed by atoms with van der Waals surface area (Å²) in [7, 11) is 0. The Morgan fingerprint density at radius 3 is 1.93 bits per heavy atom. The largest absolute Gasteiger partial charge is 0.256 e. The molecule has 1 aromatic heterocycles. The van der Waals surface area contributed by atoms with Crippen LogP contribution < -0.4 is 0 Å². The zero-order valence-electron chi connectivity index (χ0n) is 18.5. The van der Waals surface area contributed by atoms with E-state index >= 15 is 0 Å². The van der Waals surface area contributed by atoms with Gasteiger partial charge in [-0.1, -0.05) is 78.8 Å². The molecule has 1 heteroatoms. The van der Waals surface area contributed by atoms with Crippen LogP contribution in [0.15, 0.2) is 48.7 Å². The van der Waals surface area contributed by atoms with Crippen LogP contribution in [-0.2, 0) is 16.2 Å². The molecule has 0 amide bonds. The van der Waals surface area contributed by atoms with Crippen LogP contribution >= 0.6 is 0 Å². The smallest absolute Gasteiger partial charge is 0.0780 e. The lowest BCUT2D eigenvalue weighted by Crippen LogP contribution is -2.33. The predicted octanol–water partition coefficient (Wildman–Crippen LogP) is 7.55. The van der Waals surface area contributed by atoms with E-state index in [9.17, 15) is 0 Å². The van der Waals surface area contributed by atoms with Crippen LogP contribution in [0.3, 0.4) is 0 Å². The van der Waals surface area contributed by atoms with Crippen molar-refractivity contribution in [2.45, 2.75) is 77.6 Å². The second kappa shape index (κ2) is 6.17. The SMILES string of the molecule is CC(C)(C)c1ccc(-c2nccc3cc4c(cc23)C(C)(C)CCC4(C)C)cc1. The number of hydrogen-bond acceptors (Lipinski definition) is 1. The fourth-order valence-corrected chi connectivity index (χ4v) is 4.59. The summed E-state index contributed by atoms with van der Waals surface area (Å²) in [6.07, 6.45) is 4.43. The van der Waals surface area contributed by atoms with E-state index < -0.39 is 0 Å². The topological polar surface area (TPSA) is 12.9 Å². The van der Waals surface area contributed by atoms with Crippen LogP contribution in [0.2, 0.25) is 0 Å². The molecule has 0 saturated heterocycles. The molecule has 1 nitrogen and oxygen atoms in total. The van der Waals surface area contributed by atoms with Crippen LogP contribution in [0, 0.1) is 0 Å². The summed E-state index contributed by atoms with van der Waals surface area (Å²) >= 11 is 0. The highest BCUT2D eigenvalue weighted by Crippen LogP contribution is 2.47. The van der Waals surface area contributed by atoms with Gasteiger partial charge in [-0.05, 0) is 63.3 Å². The second-order valence-electron chi connectivity index (χ2n) is 10.9. The summed E-state index contributed by atoms with van der Waals surface area (Å²) in [6.45, 7) is 16.3. The van der Waals surface area contributed by atoms with Gasteiger partial charge in [0.25, 0.3) is 0 Å². The van der Waals surface area contributed by atoms with Crippen molar-refractivity contribution in [3.63, 3.8) is 0 Å². The lowest BCUT2D eigenvalue weighted by Gasteiger charge is -2.42. The molecule has 0 atom stereocenters. The maximum atomic E-state index is 4.80. The molecule has 0 saturated carbocycles. The molecular formula is C27H33N. The number of aromatic nitrogens is 1. The first-order valence-electron chi connectivity index (χ1n) is 10.5. The van der Waals surface area contributed by atoms with Crippen molar-refractivity contribution in [2.75, 3.05) is 0 Å². The summed E-state index contributed by atoms with van der Waals surface area (Å²) in [5.74, 6) is 0. The van der Waals surface area contributed by atoms with Gasteiger partial charge in [-0.15, -0.1) is 0 Å². The van der Waals surface area contributed by atoms with Crippen molar-refractivity contribution in [1.82, 2.24) is 4.98 Å². The average molecular weight is 372 g/mol. The molecule has 0 aliphatic heterocycles. The third kappa shape index (κ3) is 3.15. The zero-order valence-corrected chi connectivity index (χ0v) is 18.5. The zero-order chi connectivity index (χ0) is 20.3. The van der Waals surface area contributed by atoms with E-state index in [4.69, 9.17) is 4.98 Å². The molecule has 0 N–H and O–H groups in total. The fraction of sp³-hybridized carbons (Fsp3) is 0.444. The van der Waals surface area contributed by atoms with Crippen LogP contribution in [0.25, 0.3) is 22.0 Å². The van der Waals surface area contributed by atoms with Gasteiger partial charge >= 0.3 is 0 Å². The Morgan fingerprint density at radius 1 is 0.786 bits per heavy atom. The minimum absolute atomic E-state index is 0.166. The van der Waals surface area contributed by atoms with Gasteiger partial charge in [0.2, 0.25) is 0 Å². The van der Waals surface area contributed by atoms with E-state index in [-0.39, 0.29) is 16.2 Å². The second-order valence-corrected chi connectivity index (χ2v) is 10.9. The van der Waals surface area contributed by atoms with Gasteiger partial charge in [-0.25, -0.2) is 0 Å². The molecule has 0 bridgehead atoms. The number of hydrogen-bond donors (Lipinski definition) is 0. The summed E-state index contributed by atoms with van der Waals surface area (Å²) in [5.41, 5.74) is 7.27. The van der Waals surface area contributed by atoms with Crippen LogP contribution in [-0.4, -0.2) is 4.98 Å². The van der Waals surface area contributed by atoms with Crippen molar-refractivity contribution in [3.8, 4) is 11.3 Å². The van der Waals surface area contributed by atoms with Gasteiger partial charge < -0.3 is 0 Å². The third-order valence-electron chi connectivity index (χ3n) is 6.76. The van der Waals surface area contributed by atoms with E-state index in [0.29, 0.717) is 0 Å². The molecule has 0 fully saturated rings. The van der Waals surface area contributed by atoms with Gasteiger partial charge in [0.15, 0.2) is 0 Å². The summed E-state index contributed by atoms with van der Waals surface area (Å²) in [4.78, 5) is 4.80. The maximum absolute atomic E-state index is 4.80. The highest BCUT2D eigenvalue weighted by molar-refractivity contribution is 5.96. The van der Waals surface area contributed by atoms with E-state index in [2.05, 4.69) is 90.9 Å². The number of rotatable bonds is 1. The van der Waals surface area contributed by atoms with Gasteiger partial charge in [-0.2, -0.15) is 0 Å². The highest BCUT2D eigenvalue weighted by atomic mass is 14.7. The lowest BCUT2D eigenvalue weighted by molar-refractivity contribution is 0.332. The predicted molar refractivity (Wildman–Crippen MR) is 121 cm³/mol. The maximum Gasteiger partial charge on any atom is 0.0780 e. The first-order chi connectivity index (χ1) is 13.0. The third-order valence-corrected chi connectivity index (χ3v) is 6.76. The molecule has 4 rings (SSSR count). The summed E-state index contributed by atoms with van der Waals surface area (Å²) < 4.78 is 0. The molecule has 0 spiro atoms. The number of fused-ring (bicyclic) bond motifs is 2. The molecule has 0 radical (unpaired) electrons. The van der Waals surface area contributed by atoms with E-state index in [0.717, 1.165) is 5.69 Å². The van der Waals surface area contributed by atoms with Crippen molar-refractivity contribution in [3.05, 3.63) is 65.4 Å². The summed E-state index contributed by atoms with van der Waals surface area (Å²) in [6, 6.07) is 16.0. The Morgan fingerprint density at radius 2 is 1.36 bits per heavy atom. The van der Waals surface area contributed by atoms with Gasteiger partial charge in [-0.3, -0.25) is 4.98 Å². The quantitative estimate of drug-likeness (QED) is 0.430. The van der Waals surface area contributed by atoms with E-state index in [1.165, 1.54) is 45.9 Å². The standard InChI is InChI=1S/C27H33N/c1-25(2,3)20-10-8-18(9-11-20)24-21-17-23-22(16-19(21)12-15-28-24)26(4,5)13-14-27(23,6)7/h8-12,15-17H,13-14H2,1-7H3. The molecule has 1 heterocycles. The van der Waals surface area contributed by atoms with E-state index in [1.807, 2.05) is 6.20 Å². The fourth-order valence-electron chi connectivity index (χ4n) is 4.59. The van der Waals surface area contributed by atoms with Crippen LogP contribution in [0.1, 0.15) is 78.0 Å². The minimum atomic E-state index is 0.166. The molecular weight excluding hydrogens is 338 g/mol. The molecule has 28 heavy (non-hydrogen) atoms. The van der Waals surface area contributed by atoms with Gasteiger partial charge in [0, 0.05) is 17.1 Å². The first kappa shape index (κ1) is 19.2. The Labute approximate surface area is 170 Å². The van der Waals surface area contributed by atoms with Crippen LogP contribution in [0.4, 0.5) is 0 Å². The Hall–Kier alpha value is -2.15.